The minimum Gasteiger partial charge on any atom is -0.473 e. The smallest absolute Gasteiger partial charge is 0.413 e. The molecule has 3 N–H and O–H groups in total. The van der Waals surface area contributed by atoms with E-state index in [1.165, 1.54) is 18.3 Å². The van der Waals surface area contributed by atoms with Gasteiger partial charge in [0, 0.05) is 11.8 Å². The van der Waals surface area contributed by atoms with Crippen molar-refractivity contribution in [1.29, 1.82) is 0 Å². The second-order valence-corrected chi connectivity index (χ2v) is 10.3. The van der Waals surface area contributed by atoms with Crippen molar-refractivity contribution in [2.45, 2.75) is 52.2 Å². The number of carbonyl (C=O) groups excluding carboxylic acids is 3. The molecule has 1 aliphatic rings. The molecule has 13 heteroatoms. The molecule has 0 saturated heterocycles. The topological polar surface area (TPSA) is 144 Å². The monoisotopic (exact) mass is 528 g/mol. The fourth-order valence-electron chi connectivity index (χ4n) is 2.98. The molecule has 3 amide bonds. The maximum absolute atomic E-state index is 14.6. The van der Waals surface area contributed by atoms with E-state index in [-0.39, 0.29) is 33.2 Å². The Morgan fingerprint density at radius 3 is 2.46 bits per heavy atom. The number of aromatic nitrogens is 3. The number of nitrogens with one attached hydrogen (secondary N) is 3. The zero-order valence-electron chi connectivity index (χ0n) is 20.5. The molecule has 3 aromatic rings. The molecule has 2 aromatic heterocycles. The standard InChI is InChI=1S/C24H25FN6O5S/c1-12-9-15(25)14(20(32)28-18-7-8-19(31-30-18)35-13-5-6-13)10-16(12)27-21(33)17-11-26-22(37-17)29-23(34)36-24(2,3)4/h7-11,13H,5-6H2,1-4H3,(H,27,33)(H,26,29,34)(H,28,30,32). The highest BCUT2D eigenvalue weighted by molar-refractivity contribution is 7.17. The van der Waals surface area contributed by atoms with Gasteiger partial charge in [-0.3, -0.25) is 14.9 Å². The van der Waals surface area contributed by atoms with Crippen LogP contribution < -0.4 is 20.7 Å². The molecule has 2 heterocycles. The quantitative estimate of drug-likeness (QED) is 0.398. The van der Waals surface area contributed by atoms with E-state index in [9.17, 15) is 18.8 Å². The largest absolute Gasteiger partial charge is 0.473 e. The van der Waals surface area contributed by atoms with E-state index in [2.05, 4.69) is 31.1 Å². The minimum atomic E-state index is -0.767. The highest BCUT2D eigenvalue weighted by atomic mass is 32.1. The summed E-state index contributed by atoms with van der Waals surface area (Å²) in [6, 6.07) is 5.45. The van der Waals surface area contributed by atoms with Crippen molar-refractivity contribution in [3.05, 3.63) is 52.3 Å². The summed E-state index contributed by atoms with van der Waals surface area (Å²) >= 11 is 0.930. The Bertz CT molecular complexity index is 1330. The van der Waals surface area contributed by atoms with Gasteiger partial charge in [0.2, 0.25) is 5.88 Å². The van der Waals surface area contributed by atoms with E-state index >= 15 is 0 Å². The SMILES string of the molecule is Cc1cc(F)c(C(=O)Nc2ccc(OC3CC3)nn2)cc1NC(=O)c1cnc(NC(=O)OC(C)(C)C)s1. The molecule has 0 unspecified atom stereocenters. The van der Waals surface area contributed by atoms with E-state index in [0.717, 1.165) is 30.2 Å². The molecule has 1 aromatic carbocycles. The van der Waals surface area contributed by atoms with Gasteiger partial charge in [-0.05, 0) is 64.3 Å². The summed E-state index contributed by atoms with van der Waals surface area (Å²) in [5.41, 5.74) is -0.351. The maximum Gasteiger partial charge on any atom is 0.413 e. The van der Waals surface area contributed by atoms with Gasteiger partial charge in [-0.2, -0.15) is 0 Å². The minimum absolute atomic E-state index is 0.119. The summed E-state index contributed by atoms with van der Waals surface area (Å²) < 4.78 is 25.3. The number of benzene rings is 1. The van der Waals surface area contributed by atoms with Crippen LogP contribution >= 0.6 is 11.3 Å². The van der Waals surface area contributed by atoms with Crippen LogP contribution in [0, 0.1) is 12.7 Å². The third-order valence-corrected chi connectivity index (χ3v) is 5.75. The third-order valence-electron chi connectivity index (χ3n) is 4.84. The van der Waals surface area contributed by atoms with Crippen LogP contribution in [0.2, 0.25) is 0 Å². The maximum atomic E-state index is 14.6. The Hall–Kier alpha value is -4.13. The van der Waals surface area contributed by atoms with E-state index < -0.39 is 29.3 Å². The van der Waals surface area contributed by atoms with Crippen LogP contribution in [0.1, 0.15) is 59.2 Å². The number of rotatable bonds is 7. The summed E-state index contributed by atoms with van der Waals surface area (Å²) in [5.74, 6) is -1.61. The number of halogens is 1. The predicted octanol–water partition coefficient (Wildman–Crippen LogP) is 4.77. The lowest BCUT2D eigenvalue weighted by Gasteiger charge is -2.18. The number of aryl methyl sites for hydroxylation is 1. The molecule has 0 atom stereocenters. The Labute approximate surface area is 215 Å². The van der Waals surface area contributed by atoms with Gasteiger partial charge in [0.1, 0.15) is 22.4 Å². The van der Waals surface area contributed by atoms with Gasteiger partial charge in [0.15, 0.2) is 10.9 Å². The van der Waals surface area contributed by atoms with E-state index in [4.69, 9.17) is 9.47 Å². The summed E-state index contributed by atoms with van der Waals surface area (Å²) in [4.78, 5) is 41.6. The molecule has 1 saturated carbocycles. The van der Waals surface area contributed by atoms with Crippen molar-refractivity contribution in [2.24, 2.45) is 0 Å². The van der Waals surface area contributed by atoms with Crippen molar-refractivity contribution in [2.75, 3.05) is 16.0 Å². The Morgan fingerprint density at radius 1 is 1.05 bits per heavy atom. The number of hydrogen-bond donors (Lipinski definition) is 3. The summed E-state index contributed by atoms with van der Waals surface area (Å²) in [6.07, 6.45) is 2.68. The van der Waals surface area contributed by atoms with Crippen LogP contribution in [0.25, 0.3) is 0 Å². The number of hydrogen-bond acceptors (Lipinski definition) is 9. The lowest BCUT2D eigenvalue weighted by atomic mass is 10.1. The Morgan fingerprint density at radius 2 is 1.81 bits per heavy atom. The first-order chi connectivity index (χ1) is 17.5. The van der Waals surface area contributed by atoms with Gasteiger partial charge < -0.3 is 20.1 Å². The Kier molecular flexibility index (Phi) is 7.34. The highest BCUT2D eigenvalue weighted by Gasteiger charge is 2.24. The van der Waals surface area contributed by atoms with Crippen molar-refractivity contribution >= 4 is 45.9 Å². The zero-order valence-corrected chi connectivity index (χ0v) is 21.4. The van der Waals surface area contributed by atoms with E-state index in [1.807, 2.05) is 0 Å². The van der Waals surface area contributed by atoms with E-state index in [0.29, 0.717) is 11.4 Å². The molecule has 0 bridgehead atoms. The first kappa shape index (κ1) is 25.9. The molecule has 0 radical (unpaired) electrons. The van der Waals surface area contributed by atoms with Crippen molar-refractivity contribution < 1.29 is 28.2 Å². The van der Waals surface area contributed by atoms with Gasteiger partial charge in [0.25, 0.3) is 11.8 Å². The molecule has 1 fully saturated rings. The van der Waals surface area contributed by atoms with Crippen LogP contribution in [0.3, 0.4) is 0 Å². The molecule has 11 nitrogen and oxygen atoms in total. The lowest BCUT2D eigenvalue weighted by Crippen LogP contribution is -2.27. The number of ether oxygens (including phenoxy) is 2. The fourth-order valence-corrected chi connectivity index (χ4v) is 3.68. The Balaban J connectivity index is 1.42. The second-order valence-electron chi connectivity index (χ2n) is 9.29. The zero-order chi connectivity index (χ0) is 26.7. The van der Waals surface area contributed by atoms with Crippen molar-refractivity contribution in [1.82, 2.24) is 15.2 Å². The summed E-state index contributed by atoms with van der Waals surface area (Å²) in [7, 11) is 0. The molecule has 37 heavy (non-hydrogen) atoms. The second kappa shape index (κ2) is 10.5. The van der Waals surface area contributed by atoms with Crippen LogP contribution in [0.5, 0.6) is 5.88 Å². The number of anilines is 3. The lowest BCUT2D eigenvalue weighted by molar-refractivity contribution is 0.0635. The molecule has 0 spiro atoms. The molecule has 4 rings (SSSR count). The average Bonchev–Trinajstić information content (AvgIpc) is 3.50. The van der Waals surface area contributed by atoms with E-state index in [1.54, 1.807) is 33.8 Å². The highest BCUT2D eigenvalue weighted by Crippen LogP contribution is 2.26. The van der Waals surface area contributed by atoms with Gasteiger partial charge >= 0.3 is 6.09 Å². The number of carbonyl (C=O) groups is 3. The van der Waals surface area contributed by atoms with Crippen molar-refractivity contribution in [3.8, 4) is 5.88 Å². The normalized spacial score (nSPS) is 13.0. The molecule has 194 valence electrons. The molecule has 1 aliphatic carbocycles. The predicted molar refractivity (Wildman–Crippen MR) is 135 cm³/mol. The summed E-state index contributed by atoms with van der Waals surface area (Å²) in [6.45, 7) is 6.76. The van der Waals surface area contributed by atoms with Gasteiger partial charge in [-0.1, -0.05) is 11.3 Å². The first-order valence-corrected chi connectivity index (χ1v) is 12.2. The average molecular weight is 529 g/mol. The van der Waals surface area contributed by atoms with Crippen LogP contribution in [0.4, 0.5) is 25.8 Å². The van der Waals surface area contributed by atoms with Gasteiger partial charge in [-0.15, -0.1) is 10.2 Å². The molecular formula is C24H25FN6O5S. The molecule has 0 aliphatic heterocycles. The number of amides is 3. The van der Waals surface area contributed by atoms with Crippen molar-refractivity contribution in [3.63, 3.8) is 0 Å². The van der Waals surface area contributed by atoms with Gasteiger partial charge in [-0.25, -0.2) is 14.2 Å². The van der Waals surface area contributed by atoms with Crippen LogP contribution in [-0.4, -0.2) is 44.8 Å². The number of nitrogens with zero attached hydrogens (tertiary/aromatic N) is 3. The van der Waals surface area contributed by atoms with Crippen LogP contribution in [0.15, 0.2) is 30.5 Å². The fraction of sp³-hybridized carbons (Fsp3) is 0.333. The van der Waals surface area contributed by atoms with Gasteiger partial charge in [0.05, 0.1) is 11.8 Å². The molecular weight excluding hydrogens is 503 g/mol. The summed E-state index contributed by atoms with van der Waals surface area (Å²) in [5, 5.41) is 15.5. The number of thiazole rings is 1. The van der Waals surface area contributed by atoms with Crippen LogP contribution in [-0.2, 0) is 4.74 Å². The third kappa shape index (κ3) is 7.19. The first-order valence-electron chi connectivity index (χ1n) is 11.4.